The van der Waals surface area contributed by atoms with Crippen LogP contribution in [0.25, 0.3) is 0 Å². The molecule has 0 unspecified atom stereocenters. The Bertz CT molecular complexity index is 195. The monoisotopic (exact) mass is 219 g/mol. The van der Waals surface area contributed by atoms with Crippen LogP contribution in [-0.2, 0) is 9.59 Å². The molecule has 0 aliphatic rings. The average Bonchev–Trinajstić information content (AvgIpc) is 2.20. The Morgan fingerprint density at radius 1 is 1.40 bits per heavy atom. The topological polar surface area (TPSA) is 107 Å². The van der Waals surface area contributed by atoms with Gasteiger partial charge in [-0.2, -0.15) is 0 Å². The van der Waals surface area contributed by atoms with Crippen molar-refractivity contribution < 1.29 is 24.9 Å². The van der Waals surface area contributed by atoms with E-state index in [0.717, 1.165) is 6.08 Å². The Balaban J connectivity index is -0.000000147. The molecule has 0 heterocycles. The average molecular weight is 219 g/mol. The molecule has 0 aromatic carbocycles. The zero-order chi connectivity index (χ0) is 12.5. The number of aliphatic hydroxyl groups excluding tert-OH is 2. The minimum absolute atomic E-state index is 0.125. The van der Waals surface area contributed by atoms with Crippen LogP contribution in [0.4, 0.5) is 0 Å². The Hall–Kier alpha value is -1.49. The first-order valence-corrected chi connectivity index (χ1v) is 4.21. The van der Waals surface area contributed by atoms with Crippen LogP contribution in [0.2, 0.25) is 0 Å². The normalized spacial score (nSPS) is 7.73. The minimum atomic E-state index is -0.891. The molecule has 3 N–H and O–H groups in total. The van der Waals surface area contributed by atoms with Crippen LogP contribution in [-0.4, -0.2) is 47.1 Å². The molecule has 15 heavy (non-hydrogen) atoms. The van der Waals surface area contributed by atoms with Crippen molar-refractivity contribution in [2.24, 2.45) is 4.99 Å². The maximum absolute atomic E-state index is 9.51. The molecular weight excluding hydrogens is 202 g/mol. The van der Waals surface area contributed by atoms with E-state index in [9.17, 15) is 4.79 Å². The number of carbonyl (C=O) groups is 1. The van der Waals surface area contributed by atoms with Gasteiger partial charge >= 0.3 is 5.97 Å². The fourth-order valence-electron chi connectivity index (χ4n) is 0.207. The summed E-state index contributed by atoms with van der Waals surface area (Å²) in [6, 6.07) is 0. The van der Waals surface area contributed by atoms with Crippen LogP contribution in [0.5, 0.6) is 0 Å². The molecule has 0 aromatic heterocycles. The standard InChI is InChI=1S/C4H6O2.C3H5NO.C2H6O2/c1-2-3-4(5)6;1-2-4-3-5;3-1-2-4/h2-3H,1H3,(H,5,6);2H2,1H3;3-4H,1-2H2/b3-2+;;. The van der Waals surface area contributed by atoms with Crippen LogP contribution < -0.4 is 0 Å². The van der Waals surface area contributed by atoms with Crippen molar-refractivity contribution >= 4 is 12.0 Å². The van der Waals surface area contributed by atoms with Gasteiger partial charge in [-0.25, -0.2) is 14.6 Å². The zero-order valence-electron chi connectivity index (χ0n) is 8.88. The van der Waals surface area contributed by atoms with Gasteiger partial charge in [0.05, 0.1) is 13.2 Å². The summed E-state index contributed by atoms with van der Waals surface area (Å²) >= 11 is 0. The van der Waals surface area contributed by atoms with E-state index in [1.165, 1.54) is 12.2 Å². The van der Waals surface area contributed by atoms with Crippen molar-refractivity contribution in [2.75, 3.05) is 19.8 Å². The predicted molar refractivity (Wildman–Crippen MR) is 55.3 cm³/mol. The second-order valence-electron chi connectivity index (χ2n) is 1.85. The summed E-state index contributed by atoms with van der Waals surface area (Å²) in [5, 5.41) is 23.1. The van der Waals surface area contributed by atoms with E-state index in [1.54, 1.807) is 13.8 Å². The SMILES string of the molecule is C/C=C/C(=O)O.CCN=C=O.OCCO. The van der Waals surface area contributed by atoms with Gasteiger partial charge in [0.15, 0.2) is 0 Å². The molecule has 0 rings (SSSR count). The second kappa shape index (κ2) is 22.9. The maximum Gasteiger partial charge on any atom is 0.327 e. The third-order valence-corrected chi connectivity index (χ3v) is 0.632. The number of carbonyl (C=O) groups excluding carboxylic acids is 1. The van der Waals surface area contributed by atoms with E-state index in [-0.39, 0.29) is 13.2 Å². The van der Waals surface area contributed by atoms with E-state index in [1.807, 2.05) is 0 Å². The lowest BCUT2D eigenvalue weighted by molar-refractivity contribution is -0.131. The molecule has 0 saturated heterocycles. The van der Waals surface area contributed by atoms with Crippen molar-refractivity contribution in [3.05, 3.63) is 12.2 Å². The Labute approximate surface area is 88.6 Å². The first-order valence-electron chi connectivity index (χ1n) is 4.21. The van der Waals surface area contributed by atoms with Crippen LogP contribution in [0.1, 0.15) is 13.8 Å². The highest BCUT2D eigenvalue weighted by atomic mass is 16.4. The summed E-state index contributed by atoms with van der Waals surface area (Å²) in [5.41, 5.74) is 0. The molecule has 6 nitrogen and oxygen atoms in total. The highest BCUT2D eigenvalue weighted by Gasteiger charge is 1.76. The number of nitrogens with zero attached hydrogens (tertiary/aromatic N) is 1. The van der Waals surface area contributed by atoms with E-state index in [0.29, 0.717) is 6.54 Å². The smallest absolute Gasteiger partial charge is 0.327 e. The number of hydrogen-bond acceptors (Lipinski definition) is 5. The lowest BCUT2D eigenvalue weighted by Gasteiger charge is -1.70. The summed E-state index contributed by atoms with van der Waals surface area (Å²) in [5.74, 6) is -0.891. The number of isocyanates is 1. The largest absolute Gasteiger partial charge is 0.478 e. The van der Waals surface area contributed by atoms with Gasteiger partial charge in [0.2, 0.25) is 6.08 Å². The molecule has 0 atom stereocenters. The molecule has 6 heteroatoms. The van der Waals surface area contributed by atoms with Gasteiger partial charge in [0, 0.05) is 12.6 Å². The third kappa shape index (κ3) is 67.9. The number of aliphatic imine (C=N–C) groups is 1. The first-order chi connectivity index (χ1) is 7.10. The van der Waals surface area contributed by atoms with Crippen LogP contribution in [0.3, 0.4) is 0 Å². The van der Waals surface area contributed by atoms with Crippen LogP contribution in [0.15, 0.2) is 17.1 Å². The van der Waals surface area contributed by atoms with E-state index >= 15 is 0 Å². The van der Waals surface area contributed by atoms with E-state index in [2.05, 4.69) is 4.99 Å². The number of rotatable bonds is 3. The Kier molecular flexibility index (Phi) is 29.2. The van der Waals surface area contributed by atoms with Crippen molar-refractivity contribution in [3.8, 4) is 0 Å². The summed E-state index contributed by atoms with van der Waals surface area (Å²) in [4.78, 5) is 21.8. The number of aliphatic carboxylic acids is 1. The number of carboxylic acids is 1. The highest BCUT2D eigenvalue weighted by molar-refractivity contribution is 5.79. The van der Waals surface area contributed by atoms with Crippen molar-refractivity contribution in [3.63, 3.8) is 0 Å². The summed E-state index contributed by atoms with van der Waals surface area (Å²) in [6.45, 7) is 3.74. The fraction of sp³-hybridized carbons (Fsp3) is 0.556. The van der Waals surface area contributed by atoms with Gasteiger partial charge in [-0.05, 0) is 13.8 Å². The number of allylic oxidation sites excluding steroid dienone is 1. The molecule has 0 amide bonds. The third-order valence-electron chi connectivity index (χ3n) is 0.632. The fourth-order valence-corrected chi connectivity index (χ4v) is 0.207. The van der Waals surface area contributed by atoms with Crippen molar-refractivity contribution in [2.45, 2.75) is 13.8 Å². The first kappa shape index (κ1) is 19.1. The van der Waals surface area contributed by atoms with Gasteiger partial charge in [-0.15, -0.1) is 0 Å². The van der Waals surface area contributed by atoms with Gasteiger partial charge in [0.1, 0.15) is 0 Å². The van der Waals surface area contributed by atoms with Gasteiger partial charge < -0.3 is 15.3 Å². The lowest BCUT2D eigenvalue weighted by atomic mass is 10.5. The van der Waals surface area contributed by atoms with E-state index in [4.69, 9.17) is 20.1 Å². The van der Waals surface area contributed by atoms with Gasteiger partial charge in [0.25, 0.3) is 0 Å². The highest BCUT2D eigenvalue weighted by Crippen LogP contribution is 1.65. The molecule has 0 spiro atoms. The number of carboxylic acid groups (broad SMARTS) is 1. The van der Waals surface area contributed by atoms with Crippen LogP contribution >= 0.6 is 0 Å². The number of hydrogen-bond donors (Lipinski definition) is 3. The number of aliphatic hydroxyl groups is 2. The molecule has 0 fully saturated rings. The lowest BCUT2D eigenvalue weighted by Crippen LogP contribution is -1.85. The molecule has 0 aromatic rings. The van der Waals surface area contributed by atoms with Crippen LogP contribution in [0, 0.1) is 0 Å². The van der Waals surface area contributed by atoms with Gasteiger partial charge in [-0.1, -0.05) is 6.08 Å². The molecular formula is C9H17NO5. The van der Waals surface area contributed by atoms with E-state index < -0.39 is 5.97 Å². The summed E-state index contributed by atoms with van der Waals surface area (Å²) in [6.07, 6.45) is 3.95. The zero-order valence-corrected chi connectivity index (χ0v) is 8.88. The second-order valence-corrected chi connectivity index (χ2v) is 1.85. The maximum atomic E-state index is 9.51. The molecule has 0 radical (unpaired) electrons. The van der Waals surface area contributed by atoms with Crippen molar-refractivity contribution in [1.29, 1.82) is 0 Å². The summed E-state index contributed by atoms with van der Waals surface area (Å²) < 4.78 is 0. The predicted octanol–water partition coefficient (Wildman–Crippen LogP) is -0.0398. The Morgan fingerprint density at radius 3 is 1.87 bits per heavy atom. The minimum Gasteiger partial charge on any atom is -0.478 e. The van der Waals surface area contributed by atoms with Crippen molar-refractivity contribution in [1.82, 2.24) is 0 Å². The molecule has 0 aliphatic heterocycles. The Morgan fingerprint density at radius 2 is 1.87 bits per heavy atom. The molecule has 0 aliphatic carbocycles. The molecule has 88 valence electrons. The quantitative estimate of drug-likeness (QED) is 0.351. The summed E-state index contributed by atoms with van der Waals surface area (Å²) in [7, 11) is 0. The van der Waals surface area contributed by atoms with Gasteiger partial charge in [-0.3, -0.25) is 0 Å². The molecule has 0 saturated carbocycles. The molecule has 0 bridgehead atoms.